The van der Waals surface area contributed by atoms with Crippen molar-refractivity contribution in [1.29, 1.82) is 0 Å². The molecule has 1 saturated carbocycles. The molecule has 2 fully saturated rings. The van der Waals surface area contributed by atoms with Crippen molar-refractivity contribution in [2.75, 3.05) is 13.1 Å². The Labute approximate surface area is 149 Å². The van der Waals surface area contributed by atoms with E-state index in [9.17, 15) is 9.59 Å². The van der Waals surface area contributed by atoms with Gasteiger partial charge >= 0.3 is 0 Å². The van der Waals surface area contributed by atoms with E-state index in [0.717, 1.165) is 23.9 Å². The van der Waals surface area contributed by atoms with Crippen molar-refractivity contribution in [2.24, 2.45) is 0 Å². The van der Waals surface area contributed by atoms with Crippen LogP contribution in [0.2, 0.25) is 0 Å². The molecule has 5 rings (SSSR count). The van der Waals surface area contributed by atoms with Gasteiger partial charge in [0.05, 0.1) is 17.2 Å². The molecule has 2 amide bonds. The third-order valence-corrected chi connectivity index (χ3v) is 5.34. The second-order valence-electron chi connectivity index (χ2n) is 7.08. The summed E-state index contributed by atoms with van der Waals surface area (Å²) in [5.74, 6) is 0.219. The van der Waals surface area contributed by atoms with Crippen LogP contribution in [0.15, 0.2) is 47.0 Å². The maximum atomic E-state index is 12.6. The van der Waals surface area contributed by atoms with Gasteiger partial charge in [-0.3, -0.25) is 14.7 Å². The van der Waals surface area contributed by atoms with Crippen LogP contribution in [0.3, 0.4) is 0 Å². The van der Waals surface area contributed by atoms with E-state index in [1.54, 1.807) is 17.2 Å². The fourth-order valence-electron chi connectivity index (χ4n) is 3.57. The molecule has 7 heteroatoms. The standard InChI is InChI=1S/C19H18N4O3/c24-17(15-9-12-3-1-2-4-14(12)26-15)23-10-13(11-23)21-18(25)19(6-7-19)16-5-8-20-22-16/h1-5,8-9,13H,6-7,10-11H2,(H,20,22)(H,21,25). The number of para-hydroxylation sites is 1. The number of H-pyrrole nitrogens is 1. The first-order chi connectivity index (χ1) is 12.7. The van der Waals surface area contributed by atoms with Gasteiger partial charge in [-0.25, -0.2) is 0 Å². The number of fused-ring (bicyclic) bond motifs is 1. The smallest absolute Gasteiger partial charge is 0.289 e. The molecule has 0 unspecified atom stereocenters. The van der Waals surface area contributed by atoms with Crippen LogP contribution < -0.4 is 5.32 Å². The number of amides is 2. The zero-order valence-electron chi connectivity index (χ0n) is 14.1. The largest absolute Gasteiger partial charge is 0.451 e. The molecule has 1 aromatic carbocycles. The van der Waals surface area contributed by atoms with Crippen LogP contribution >= 0.6 is 0 Å². The van der Waals surface area contributed by atoms with Gasteiger partial charge < -0.3 is 14.6 Å². The number of likely N-dealkylation sites (tertiary alicyclic amines) is 1. The van der Waals surface area contributed by atoms with Crippen molar-refractivity contribution < 1.29 is 14.0 Å². The third-order valence-electron chi connectivity index (χ3n) is 5.34. The first-order valence-corrected chi connectivity index (χ1v) is 8.74. The van der Waals surface area contributed by atoms with Gasteiger partial charge in [0.2, 0.25) is 5.91 Å². The van der Waals surface area contributed by atoms with E-state index in [2.05, 4.69) is 15.5 Å². The number of aromatic amines is 1. The lowest BCUT2D eigenvalue weighted by Crippen LogP contribution is -2.62. The number of nitrogens with one attached hydrogen (secondary N) is 2. The molecule has 3 heterocycles. The monoisotopic (exact) mass is 350 g/mol. The van der Waals surface area contributed by atoms with E-state index in [1.807, 2.05) is 30.3 Å². The SMILES string of the molecule is O=C(c1cc2ccccc2o1)N1CC(NC(=O)C2(c3ccn[nH]3)CC2)C1. The summed E-state index contributed by atoms with van der Waals surface area (Å²) in [7, 11) is 0. The summed E-state index contributed by atoms with van der Waals surface area (Å²) in [4.78, 5) is 26.8. The number of carbonyl (C=O) groups is 2. The normalized spacial score (nSPS) is 18.5. The molecular formula is C19H18N4O3. The zero-order chi connectivity index (χ0) is 17.7. The molecule has 1 saturated heterocycles. The minimum Gasteiger partial charge on any atom is -0.451 e. The van der Waals surface area contributed by atoms with Crippen molar-refractivity contribution in [3.8, 4) is 0 Å². The number of aromatic nitrogens is 2. The Bertz CT molecular complexity index is 948. The Morgan fingerprint density at radius 3 is 2.73 bits per heavy atom. The lowest BCUT2D eigenvalue weighted by molar-refractivity contribution is -0.125. The maximum absolute atomic E-state index is 12.6. The minimum atomic E-state index is -0.459. The molecule has 0 spiro atoms. The molecule has 0 radical (unpaired) electrons. The average Bonchev–Trinajstić information content (AvgIpc) is 3.07. The zero-order valence-corrected chi connectivity index (χ0v) is 14.1. The average molecular weight is 350 g/mol. The summed E-state index contributed by atoms with van der Waals surface area (Å²) in [6, 6.07) is 11.1. The number of carbonyl (C=O) groups excluding carboxylic acids is 2. The molecule has 7 nitrogen and oxygen atoms in total. The molecular weight excluding hydrogens is 332 g/mol. The molecule has 0 atom stereocenters. The highest BCUT2D eigenvalue weighted by Crippen LogP contribution is 2.47. The highest BCUT2D eigenvalue weighted by molar-refractivity contribution is 5.97. The summed E-state index contributed by atoms with van der Waals surface area (Å²) in [6.07, 6.45) is 3.32. The second kappa shape index (κ2) is 5.45. The molecule has 1 aliphatic carbocycles. The van der Waals surface area contributed by atoms with Crippen molar-refractivity contribution in [3.63, 3.8) is 0 Å². The minimum absolute atomic E-state index is 0.0163. The Hall–Kier alpha value is -3.09. The van der Waals surface area contributed by atoms with Gasteiger partial charge in [-0.05, 0) is 31.0 Å². The van der Waals surface area contributed by atoms with E-state index in [-0.39, 0.29) is 17.9 Å². The van der Waals surface area contributed by atoms with Crippen molar-refractivity contribution in [1.82, 2.24) is 20.4 Å². The predicted molar refractivity (Wildman–Crippen MR) is 93.5 cm³/mol. The van der Waals surface area contributed by atoms with Crippen LogP contribution in [0, 0.1) is 0 Å². The van der Waals surface area contributed by atoms with E-state index < -0.39 is 5.41 Å². The van der Waals surface area contributed by atoms with Crippen molar-refractivity contribution in [3.05, 3.63) is 54.0 Å². The van der Waals surface area contributed by atoms with E-state index in [4.69, 9.17) is 4.42 Å². The molecule has 1 aliphatic heterocycles. The fraction of sp³-hybridized carbons (Fsp3) is 0.316. The Balaban J connectivity index is 1.21. The van der Waals surface area contributed by atoms with E-state index in [0.29, 0.717) is 24.4 Å². The highest BCUT2D eigenvalue weighted by Gasteiger charge is 2.53. The molecule has 0 bridgehead atoms. The van der Waals surface area contributed by atoms with Crippen molar-refractivity contribution in [2.45, 2.75) is 24.3 Å². The quantitative estimate of drug-likeness (QED) is 0.751. The third kappa shape index (κ3) is 2.31. The molecule has 2 aliphatic rings. The Morgan fingerprint density at radius 1 is 1.23 bits per heavy atom. The van der Waals surface area contributed by atoms with Crippen LogP contribution in [0.25, 0.3) is 11.0 Å². The Kier molecular flexibility index (Phi) is 3.19. The van der Waals surface area contributed by atoms with Gasteiger partial charge in [-0.15, -0.1) is 0 Å². The fourth-order valence-corrected chi connectivity index (χ4v) is 3.57. The van der Waals surface area contributed by atoms with Gasteiger partial charge in [0.15, 0.2) is 5.76 Å². The topological polar surface area (TPSA) is 91.2 Å². The molecule has 132 valence electrons. The highest BCUT2D eigenvalue weighted by atomic mass is 16.3. The molecule has 2 N–H and O–H groups in total. The number of hydrogen-bond donors (Lipinski definition) is 2. The van der Waals surface area contributed by atoms with Crippen LogP contribution in [-0.4, -0.2) is 46.0 Å². The van der Waals surface area contributed by atoms with Crippen LogP contribution in [0.1, 0.15) is 29.1 Å². The number of nitrogens with zero attached hydrogens (tertiary/aromatic N) is 2. The summed E-state index contributed by atoms with van der Waals surface area (Å²) in [5, 5.41) is 10.8. The van der Waals surface area contributed by atoms with Gasteiger partial charge in [0, 0.05) is 24.7 Å². The number of rotatable bonds is 4. The molecule has 3 aromatic rings. The maximum Gasteiger partial charge on any atom is 0.289 e. The number of hydrogen-bond acceptors (Lipinski definition) is 4. The summed E-state index contributed by atoms with van der Waals surface area (Å²) in [5.41, 5.74) is 1.11. The summed E-state index contributed by atoms with van der Waals surface area (Å²) < 4.78 is 5.63. The van der Waals surface area contributed by atoms with Gasteiger partial charge in [0.1, 0.15) is 5.58 Å². The Morgan fingerprint density at radius 2 is 2.04 bits per heavy atom. The molecule has 26 heavy (non-hydrogen) atoms. The van der Waals surface area contributed by atoms with Crippen LogP contribution in [0.4, 0.5) is 0 Å². The second-order valence-corrected chi connectivity index (χ2v) is 7.08. The van der Waals surface area contributed by atoms with E-state index in [1.165, 1.54) is 0 Å². The lowest BCUT2D eigenvalue weighted by atomic mass is 10.00. The number of benzene rings is 1. The summed E-state index contributed by atoms with van der Waals surface area (Å²) in [6.45, 7) is 1.00. The summed E-state index contributed by atoms with van der Waals surface area (Å²) >= 11 is 0. The van der Waals surface area contributed by atoms with Gasteiger partial charge in [-0.1, -0.05) is 18.2 Å². The molecule has 2 aromatic heterocycles. The lowest BCUT2D eigenvalue weighted by Gasteiger charge is -2.39. The van der Waals surface area contributed by atoms with E-state index >= 15 is 0 Å². The first-order valence-electron chi connectivity index (χ1n) is 8.74. The van der Waals surface area contributed by atoms with Crippen LogP contribution in [0.5, 0.6) is 0 Å². The predicted octanol–water partition coefficient (Wildman–Crippen LogP) is 1.83. The van der Waals surface area contributed by atoms with Gasteiger partial charge in [-0.2, -0.15) is 5.10 Å². The number of furan rings is 1. The first kappa shape index (κ1) is 15.2. The van der Waals surface area contributed by atoms with Crippen LogP contribution in [-0.2, 0) is 10.2 Å². The van der Waals surface area contributed by atoms with Crippen molar-refractivity contribution >= 4 is 22.8 Å². The van der Waals surface area contributed by atoms with Gasteiger partial charge in [0.25, 0.3) is 5.91 Å².